The van der Waals surface area contributed by atoms with Gasteiger partial charge in [0.25, 0.3) is 0 Å². The molecule has 1 fully saturated rings. The van der Waals surface area contributed by atoms with Crippen molar-refractivity contribution in [2.24, 2.45) is 0 Å². The highest BCUT2D eigenvalue weighted by Crippen LogP contribution is 2.22. The standard InChI is InChI=1S/C44H78O10/c1-3-5-7-9-11-13-15-17-18-19-21-22-24-26-28-30-32-39(46)51-35-37(36-52-44-43(50)42(49)41(48)38(34-45)54-44)53-40(47)33-31-29-27-25-23-20-16-14-12-10-8-6-4-2/h8,10,14,16,18-19,37-38,41-45,48-50H,3-7,9,11-13,15,17,20-36H2,1-2H3/b10-8-,16-14-,19-18-. The van der Waals surface area contributed by atoms with Crippen LogP contribution in [0.1, 0.15) is 174 Å². The molecule has 1 rings (SSSR count). The van der Waals surface area contributed by atoms with Crippen molar-refractivity contribution in [2.45, 2.75) is 211 Å². The largest absolute Gasteiger partial charge is 0.462 e. The Bertz CT molecular complexity index is 980. The summed E-state index contributed by atoms with van der Waals surface area (Å²) in [4.78, 5) is 25.3. The van der Waals surface area contributed by atoms with Crippen LogP contribution in [0.2, 0.25) is 0 Å². The van der Waals surface area contributed by atoms with Gasteiger partial charge >= 0.3 is 11.9 Å². The van der Waals surface area contributed by atoms with Crippen LogP contribution in [0.4, 0.5) is 0 Å². The van der Waals surface area contributed by atoms with Gasteiger partial charge in [-0.25, -0.2) is 0 Å². The topological polar surface area (TPSA) is 152 Å². The van der Waals surface area contributed by atoms with E-state index >= 15 is 0 Å². The molecule has 54 heavy (non-hydrogen) atoms. The van der Waals surface area contributed by atoms with E-state index in [-0.39, 0.29) is 32.0 Å². The number of ether oxygens (including phenoxy) is 4. The first kappa shape index (κ1) is 49.9. The van der Waals surface area contributed by atoms with Gasteiger partial charge in [0, 0.05) is 12.8 Å². The molecule has 0 saturated carbocycles. The minimum absolute atomic E-state index is 0.212. The van der Waals surface area contributed by atoms with Crippen LogP contribution in [0.15, 0.2) is 36.5 Å². The fraction of sp³-hybridized carbons (Fsp3) is 0.818. The van der Waals surface area contributed by atoms with Gasteiger partial charge in [-0.3, -0.25) is 9.59 Å². The quantitative estimate of drug-likeness (QED) is 0.0280. The van der Waals surface area contributed by atoms with E-state index in [1.54, 1.807) is 0 Å². The van der Waals surface area contributed by atoms with Gasteiger partial charge in [-0.15, -0.1) is 0 Å². The smallest absolute Gasteiger partial charge is 0.306 e. The number of hydrogen-bond acceptors (Lipinski definition) is 10. The van der Waals surface area contributed by atoms with Crippen molar-refractivity contribution in [3.63, 3.8) is 0 Å². The van der Waals surface area contributed by atoms with Crippen LogP contribution in [-0.4, -0.2) is 89.0 Å². The third-order valence-electron chi connectivity index (χ3n) is 9.73. The molecule has 1 aliphatic heterocycles. The summed E-state index contributed by atoms with van der Waals surface area (Å²) in [6.07, 6.45) is 31.5. The first-order valence-electron chi connectivity index (χ1n) is 21.6. The molecule has 6 unspecified atom stereocenters. The lowest BCUT2D eigenvalue weighted by Crippen LogP contribution is -2.59. The SMILES string of the molecule is CCC/C=C\C/C=C\CCCCCCCC(=O)OC(COC(=O)CCCCCCC/C=C\CCCCCCCCC)COC1OC(CO)C(O)C(O)C1O. The molecule has 314 valence electrons. The maximum Gasteiger partial charge on any atom is 0.306 e. The van der Waals surface area contributed by atoms with Gasteiger partial charge in [0.2, 0.25) is 0 Å². The molecule has 1 heterocycles. The van der Waals surface area contributed by atoms with Crippen LogP contribution >= 0.6 is 0 Å². The van der Waals surface area contributed by atoms with Crippen molar-refractivity contribution >= 4 is 11.9 Å². The lowest BCUT2D eigenvalue weighted by atomic mass is 9.99. The van der Waals surface area contributed by atoms with Crippen LogP contribution in [0.5, 0.6) is 0 Å². The van der Waals surface area contributed by atoms with Crippen molar-refractivity contribution in [1.82, 2.24) is 0 Å². The summed E-state index contributed by atoms with van der Waals surface area (Å²) in [7, 11) is 0. The van der Waals surface area contributed by atoms with Gasteiger partial charge in [0.1, 0.15) is 31.0 Å². The molecule has 0 spiro atoms. The van der Waals surface area contributed by atoms with Gasteiger partial charge < -0.3 is 39.4 Å². The fourth-order valence-electron chi connectivity index (χ4n) is 6.28. The van der Waals surface area contributed by atoms with Gasteiger partial charge in [-0.2, -0.15) is 0 Å². The first-order chi connectivity index (χ1) is 26.3. The monoisotopic (exact) mass is 767 g/mol. The van der Waals surface area contributed by atoms with E-state index in [2.05, 4.69) is 50.3 Å². The summed E-state index contributed by atoms with van der Waals surface area (Å²) >= 11 is 0. The zero-order valence-electron chi connectivity index (χ0n) is 34.0. The van der Waals surface area contributed by atoms with Crippen molar-refractivity contribution in [1.29, 1.82) is 0 Å². The minimum Gasteiger partial charge on any atom is -0.462 e. The maximum absolute atomic E-state index is 12.7. The molecule has 10 nitrogen and oxygen atoms in total. The van der Waals surface area contributed by atoms with E-state index in [1.165, 1.54) is 57.8 Å². The molecule has 0 aliphatic carbocycles. The minimum atomic E-state index is -1.60. The molecular weight excluding hydrogens is 688 g/mol. The van der Waals surface area contributed by atoms with Crippen LogP contribution in [0.25, 0.3) is 0 Å². The Morgan fingerprint density at radius 2 is 1.07 bits per heavy atom. The van der Waals surface area contributed by atoms with Gasteiger partial charge in [-0.05, 0) is 64.2 Å². The number of hydrogen-bond donors (Lipinski definition) is 4. The molecule has 4 N–H and O–H groups in total. The lowest BCUT2D eigenvalue weighted by Gasteiger charge is -2.39. The van der Waals surface area contributed by atoms with Crippen LogP contribution in [0.3, 0.4) is 0 Å². The second-order valence-electron chi connectivity index (χ2n) is 14.8. The Hall–Kier alpha value is -2.08. The highest BCUT2D eigenvalue weighted by molar-refractivity contribution is 5.70. The third-order valence-corrected chi connectivity index (χ3v) is 9.73. The summed E-state index contributed by atoms with van der Waals surface area (Å²) < 4.78 is 22.1. The van der Waals surface area contributed by atoms with Crippen LogP contribution in [-0.2, 0) is 28.5 Å². The summed E-state index contributed by atoms with van der Waals surface area (Å²) in [5.74, 6) is -0.833. The number of aliphatic hydroxyl groups excluding tert-OH is 4. The highest BCUT2D eigenvalue weighted by atomic mass is 16.7. The Kier molecular flexibility index (Phi) is 32.7. The number of allylic oxidation sites excluding steroid dienone is 6. The van der Waals surface area contributed by atoms with Gasteiger partial charge in [-0.1, -0.05) is 134 Å². The summed E-state index contributed by atoms with van der Waals surface area (Å²) in [5.41, 5.74) is 0. The molecule has 0 radical (unpaired) electrons. The van der Waals surface area contributed by atoms with Crippen LogP contribution in [0, 0.1) is 0 Å². The van der Waals surface area contributed by atoms with Crippen molar-refractivity contribution < 1.29 is 49.0 Å². The number of carbonyl (C=O) groups is 2. The average molecular weight is 767 g/mol. The third kappa shape index (κ3) is 26.7. The molecule has 0 aromatic carbocycles. The zero-order valence-corrected chi connectivity index (χ0v) is 34.0. The summed E-state index contributed by atoms with van der Waals surface area (Å²) in [6.45, 7) is 3.32. The van der Waals surface area contributed by atoms with Crippen molar-refractivity contribution in [3.05, 3.63) is 36.5 Å². The average Bonchev–Trinajstić information content (AvgIpc) is 3.17. The van der Waals surface area contributed by atoms with Crippen molar-refractivity contribution in [3.8, 4) is 0 Å². The molecule has 1 aliphatic rings. The molecule has 0 aromatic rings. The summed E-state index contributed by atoms with van der Waals surface area (Å²) in [6, 6.07) is 0. The van der Waals surface area contributed by atoms with Gasteiger partial charge in [0.05, 0.1) is 13.2 Å². The summed E-state index contributed by atoms with van der Waals surface area (Å²) in [5, 5.41) is 40.0. The van der Waals surface area contributed by atoms with Crippen molar-refractivity contribution in [2.75, 3.05) is 19.8 Å². The normalized spacial score (nSPS) is 21.0. The zero-order chi connectivity index (χ0) is 39.5. The number of aliphatic hydroxyl groups is 4. The molecule has 6 atom stereocenters. The fourth-order valence-corrected chi connectivity index (χ4v) is 6.28. The van der Waals surface area contributed by atoms with E-state index in [9.17, 15) is 30.0 Å². The Balaban J connectivity index is 2.36. The van der Waals surface area contributed by atoms with E-state index in [1.807, 2.05) is 0 Å². The number of rotatable bonds is 35. The highest BCUT2D eigenvalue weighted by Gasteiger charge is 2.44. The Labute approximate surface area is 327 Å². The maximum atomic E-state index is 12.7. The predicted octanol–water partition coefficient (Wildman–Crippen LogP) is 8.72. The second kappa shape index (κ2) is 35.3. The Morgan fingerprint density at radius 1 is 0.574 bits per heavy atom. The van der Waals surface area contributed by atoms with E-state index in [0.717, 1.165) is 77.0 Å². The van der Waals surface area contributed by atoms with E-state index in [0.29, 0.717) is 12.8 Å². The molecule has 1 saturated heterocycles. The number of unbranched alkanes of at least 4 members (excludes halogenated alkanes) is 18. The number of carbonyl (C=O) groups excluding carboxylic acids is 2. The van der Waals surface area contributed by atoms with Crippen LogP contribution < -0.4 is 0 Å². The van der Waals surface area contributed by atoms with E-state index < -0.39 is 49.4 Å². The molecule has 10 heteroatoms. The second-order valence-corrected chi connectivity index (χ2v) is 14.8. The lowest BCUT2D eigenvalue weighted by molar-refractivity contribution is -0.305. The molecule has 0 aromatic heterocycles. The predicted molar refractivity (Wildman–Crippen MR) is 215 cm³/mol. The molecule has 0 bridgehead atoms. The first-order valence-corrected chi connectivity index (χ1v) is 21.6. The molecular formula is C44H78O10. The van der Waals surface area contributed by atoms with E-state index in [4.69, 9.17) is 18.9 Å². The molecule has 0 amide bonds. The number of esters is 2. The Morgan fingerprint density at radius 3 is 1.63 bits per heavy atom. The van der Waals surface area contributed by atoms with Gasteiger partial charge in [0.15, 0.2) is 12.4 Å².